The van der Waals surface area contributed by atoms with Gasteiger partial charge in [-0.15, -0.1) is 0 Å². The second-order valence-electron chi connectivity index (χ2n) is 5.81. The SMILES string of the molecule is O=C(/C=C/c1ccc(CNCCc2ccc3cc[nH]c3n2)cc1F)NO. The smallest absolute Gasteiger partial charge is 0.267 e. The fourth-order valence-electron chi connectivity index (χ4n) is 2.58. The van der Waals surface area contributed by atoms with Crippen LogP contribution in [0.2, 0.25) is 0 Å². The first-order chi connectivity index (χ1) is 12.7. The van der Waals surface area contributed by atoms with Crippen molar-refractivity contribution in [2.75, 3.05) is 6.54 Å². The number of rotatable bonds is 7. The van der Waals surface area contributed by atoms with Crippen LogP contribution in [0.25, 0.3) is 17.1 Å². The molecular weight excluding hydrogens is 335 g/mol. The molecule has 7 heteroatoms. The van der Waals surface area contributed by atoms with Gasteiger partial charge in [0.1, 0.15) is 11.5 Å². The first-order valence-electron chi connectivity index (χ1n) is 8.20. The first-order valence-corrected chi connectivity index (χ1v) is 8.20. The van der Waals surface area contributed by atoms with E-state index in [-0.39, 0.29) is 5.56 Å². The van der Waals surface area contributed by atoms with Gasteiger partial charge in [-0.3, -0.25) is 10.0 Å². The van der Waals surface area contributed by atoms with E-state index in [0.29, 0.717) is 6.54 Å². The van der Waals surface area contributed by atoms with Crippen molar-refractivity contribution in [2.45, 2.75) is 13.0 Å². The van der Waals surface area contributed by atoms with Gasteiger partial charge in [0.15, 0.2) is 0 Å². The molecule has 0 aliphatic carbocycles. The largest absolute Gasteiger partial charge is 0.346 e. The molecule has 0 atom stereocenters. The van der Waals surface area contributed by atoms with E-state index in [0.717, 1.165) is 41.3 Å². The number of benzene rings is 1. The number of hydrogen-bond donors (Lipinski definition) is 4. The molecule has 1 aromatic carbocycles. The van der Waals surface area contributed by atoms with Crippen molar-refractivity contribution in [1.29, 1.82) is 0 Å². The van der Waals surface area contributed by atoms with Gasteiger partial charge in [0.25, 0.3) is 5.91 Å². The molecule has 2 heterocycles. The van der Waals surface area contributed by atoms with Crippen LogP contribution in [-0.4, -0.2) is 27.6 Å². The van der Waals surface area contributed by atoms with Crippen molar-refractivity contribution >= 4 is 23.0 Å². The summed E-state index contributed by atoms with van der Waals surface area (Å²) in [6.45, 7) is 1.25. The van der Waals surface area contributed by atoms with E-state index >= 15 is 0 Å². The highest BCUT2D eigenvalue weighted by molar-refractivity contribution is 5.90. The quantitative estimate of drug-likeness (QED) is 0.227. The zero-order valence-corrected chi connectivity index (χ0v) is 14.0. The number of hydroxylamine groups is 1. The van der Waals surface area contributed by atoms with Crippen LogP contribution in [0.15, 0.2) is 48.7 Å². The molecule has 0 spiro atoms. The van der Waals surface area contributed by atoms with E-state index < -0.39 is 11.7 Å². The number of nitrogens with one attached hydrogen (secondary N) is 3. The third-order valence-electron chi connectivity index (χ3n) is 3.94. The lowest BCUT2D eigenvalue weighted by molar-refractivity contribution is -0.124. The van der Waals surface area contributed by atoms with Crippen LogP contribution in [0.1, 0.15) is 16.8 Å². The highest BCUT2D eigenvalue weighted by Crippen LogP contribution is 2.13. The van der Waals surface area contributed by atoms with Crippen LogP contribution in [0, 0.1) is 5.82 Å². The first kappa shape index (κ1) is 17.8. The summed E-state index contributed by atoms with van der Waals surface area (Å²) >= 11 is 0. The van der Waals surface area contributed by atoms with Crippen LogP contribution < -0.4 is 10.8 Å². The molecular formula is C19H19FN4O2. The van der Waals surface area contributed by atoms with Gasteiger partial charge in [-0.05, 0) is 35.9 Å². The summed E-state index contributed by atoms with van der Waals surface area (Å²) in [5, 5.41) is 12.8. The summed E-state index contributed by atoms with van der Waals surface area (Å²) in [5.41, 5.74) is 4.41. The lowest BCUT2D eigenvalue weighted by Gasteiger charge is -2.06. The fourth-order valence-corrected chi connectivity index (χ4v) is 2.58. The lowest BCUT2D eigenvalue weighted by atomic mass is 10.1. The van der Waals surface area contributed by atoms with Crippen LogP contribution in [0.4, 0.5) is 4.39 Å². The third kappa shape index (κ3) is 4.53. The summed E-state index contributed by atoms with van der Waals surface area (Å²) in [4.78, 5) is 18.5. The van der Waals surface area contributed by atoms with Gasteiger partial charge < -0.3 is 10.3 Å². The molecule has 4 N–H and O–H groups in total. The number of halogens is 1. The van der Waals surface area contributed by atoms with E-state index in [1.807, 2.05) is 24.4 Å². The standard InChI is InChI=1S/C19H19FN4O2/c20-17-11-13(1-2-14(17)4-6-18(25)24-26)12-21-9-8-16-5-3-15-7-10-22-19(15)23-16/h1-7,10-11,21,26H,8-9,12H2,(H,22,23)(H,24,25)/b6-4+. The fraction of sp³-hybridized carbons (Fsp3) is 0.158. The van der Waals surface area contributed by atoms with Gasteiger partial charge >= 0.3 is 0 Å². The molecule has 0 radical (unpaired) electrons. The van der Waals surface area contributed by atoms with Crippen molar-refractivity contribution in [1.82, 2.24) is 20.8 Å². The molecule has 3 aromatic rings. The van der Waals surface area contributed by atoms with Gasteiger partial charge in [-0.1, -0.05) is 12.1 Å². The van der Waals surface area contributed by atoms with E-state index in [2.05, 4.69) is 15.3 Å². The number of carbonyl (C=O) groups is 1. The molecule has 2 aromatic heterocycles. The van der Waals surface area contributed by atoms with Crippen molar-refractivity contribution in [2.24, 2.45) is 0 Å². The van der Waals surface area contributed by atoms with Crippen LogP contribution in [0.5, 0.6) is 0 Å². The monoisotopic (exact) mass is 354 g/mol. The second-order valence-corrected chi connectivity index (χ2v) is 5.81. The average molecular weight is 354 g/mol. The molecule has 0 bridgehead atoms. The Kier molecular flexibility index (Phi) is 5.73. The summed E-state index contributed by atoms with van der Waals surface area (Å²) < 4.78 is 14.0. The Bertz CT molecular complexity index is 936. The minimum absolute atomic E-state index is 0.279. The third-order valence-corrected chi connectivity index (χ3v) is 3.94. The molecule has 0 aliphatic heterocycles. The number of nitrogens with zero attached hydrogens (tertiary/aromatic N) is 1. The Morgan fingerprint density at radius 3 is 2.96 bits per heavy atom. The van der Waals surface area contributed by atoms with Crippen molar-refractivity contribution in [3.8, 4) is 0 Å². The summed E-state index contributed by atoms with van der Waals surface area (Å²) in [6.07, 6.45) is 5.00. The van der Waals surface area contributed by atoms with Crippen LogP contribution in [-0.2, 0) is 17.8 Å². The van der Waals surface area contributed by atoms with Gasteiger partial charge in [-0.2, -0.15) is 0 Å². The van der Waals surface area contributed by atoms with Gasteiger partial charge in [-0.25, -0.2) is 14.9 Å². The Hall–Kier alpha value is -3.03. The zero-order valence-electron chi connectivity index (χ0n) is 14.0. The number of hydrogen-bond acceptors (Lipinski definition) is 4. The van der Waals surface area contributed by atoms with Gasteiger partial charge in [0.05, 0.1) is 0 Å². The maximum absolute atomic E-state index is 14.0. The van der Waals surface area contributed by atoms with Crippen LogP contribution in [0.3, 0.4) is 0 Å². The Labute approximate surface area is 149 Å². The summed E-state index contributed by atoms with van der Waals surface area (Å²) in [7, 11) is 0. The molecule has 3 rings (SSSR count). The predicted octanol–water partition coefficient (Wildman–Crippen LogP) is 2.55. The maximum atomic E-state index is 14.0. The van der Waals surface area contributed by atoms with E-state index in [9.17, 15) is 9.18 Å². The summed E-state index contributed by atoms with van der Waals surface area (Å²) in [6, 6.07) is 10.8. The van der Waals surface area contributed by atoms with Gasteiger partial charge in [0.2, 0.25) is 0 Å². The van der Waals surface area contributed by atoms with E-state index in [1.165, 1.54) is 17.6 Å². The normalized spacial score (nSPS) is 11.3. The summed E-state index contributed by atoms with van der Waals surface area (Å²) in [5.74, 6) is -1.13. The Balaban J connectivity index is 1.50. The lowest BCUT2D eigenvalue weighted by Crippen LogP contribution is -2.17. The number of pyridine rings is 1. The zero-order chi connectivity index (χ0) is 18.4. The Morgan fingerprint density at radius 2 is 2.15 bits per heavy atom. The minimum atomic E-state index is -0.707. The number of carbonyl (C=O) groups excluding carboxylic acids is 1. The molecule has 6 nitrogen and oxygen atoms in total. The van der Waals surface area contributed by atoms with Crippen molar-refractivity contribution < 1.29 is 14.4 Å². The van der Waals surface area contributed by atoms with Crippen molar-refractivity contribution in [3.63, 3.8) is 0 Å². The number of amides is 1. The molecule has 1 amide bonds. The van der Waals surface area contributed by atoms with E-state index in [1.54, 1.807) is 12.1 Å². The topological polar surface area (TPSA) is 90.0 Å². The molecule has 0 aliphatic rings. The number of H-pyrrole nitrogens is 1. The molecule has 134 valence electrons. The maximum Gasteiger partial charge on any atom is 0.267 e. The molecule has 0 saturated heterocycles. The molecule has 26 heavy (non-hydrogen) atoms. The second kappa shape index (κ2) is 8.37. The van der Waals surface area contributed by atoms with Gasteiger partial charge in [0, 0.05) is 48.4 Å². The predicted molar refractivity (Wildman–Crippen MR) is 96.9 cm³/mol. The van der Waals surface area contributed by atoms with Crippen LogP contribution >= 0.6 is 0 Å². The molecule has 0 fully saturated rings. The number of aromatic amines is 1. The minimum Gasteiger partial charge on any atom is -0.346 e. The number of aromatic nitrogens is 2. The van der Waals surface area contributed by atoms with E-state index in [4.69, 9.17) is 5.21 Å². The average Bonchev–Trinajstić information content (AvgIpc) is 3.12. The highest BCUT2D eigenvalue weighted by Gasteiger charge is 2.03. The molecule has 0 unspecified atom stereocenters. The van der Waals surface area contributed by atoms with Crippen molar-refractivity contribution in [3.05, 3.63) is 71.3 Å². The molecule has 0 saturated carbocycles. The Morgan fingerprint density at radius 1 is 1.27 bits per heavy atom. The highest BCUT2D eigenvalue weighted by atomic mass is 19.1. The number of fused-ring (bicyclic) bond motifs is 1.